The molecule has 182 valence electrons. The van der Waals surface area contributed by atoms with E-state index in [-0.39, 0.29) is 5.56 Å². The van der Waals surface area contributed by atoms with Gasteiger partial charge in [0.05, 0.1) is 31.4 Å². The Morgan fingerprint density at radius 2 is 1.67 bits per heavy atom. The van der Waals surface area contributed by atoms with E-state index in [1.807, 2.05) is 48.8 Å². The number of ether oxygens (including phenoxy) is 2. The predicted octanol–water partition coefficient (Wildman–Crippen LogP) is 3.63. The lowest BCUT2D eigenvalue weighted by Gasteiger charge is -2.28. The van der Waals surface area contributed by atoms with Gasteiger partial charge in [-0.15, -0.1) is 0 Å². The number of hydrogen-bond donors (Lipinski definition) is 1. The minimum Gasteiger partial charge on any atom is -0.494 e. The quantitative estimate of drug-likeness (QED) is 0.257. The Hall–Kier alpha value is -4.46. The summed E-state index contributed by atoms with van der Waals surface area (Å²) < 4.78 is 12.8. The van der Waals surface area contributed by atoms with Crippen molar-refractivity contribution in [2.24, 2.45) is 0 Å². The largest absolute Gasteiger partial charge is 0.494 e. The third kappa shape index (κ3) is 4.22. The standard InChI is InChI=1S/C28H26N4O4/c1-35-22-18-30-27(36-2)24-23(22)21(17-29-24)26(33)28(34)32-15-11-20(12-16-32)25(19-9-5-3-6-10-19)31-13-7-4-8-14-31/h3-10,13-14,17-18H,11-12,15-16H2,1-2H3/p+1. The third-order valence-corrected chi connectivity index (χ3v) is 6.50. The smallest absolute Gasteiger partial charge is 0.295 e. The number of carbonyl (C=O) groups is 2. The lowest BCUT2D eigenvalue weighted by Crippen LogP contribution is -2.42. The molecule has 0 saturated carbocycles. The number of nitrogens with zero attached hydrogens (tertiary/aromatic N) is 3. The molecule has 4 heterocycles. The summed E-state index contributed by atoms with van der Waals surface area (Å²) >= 11 is 0. The number of Topliss-reactive ketones (excluding diaryl/α,β-unsaturated/α-hetero) is 1. The molecule has 0 radical (unpaired) electrons. The molecule has 0 bridgehead atoms. The van der Waals surface area contributed by atoms with Gasteiger partial charge in [0.1, 0.15) is 11.3 Å². The topological polar surface area (TPSA) is 88.4 Å². The van der Waals surface area contributed by atoms with Gasteiger partial charge in [-0.1, -0.05) is 24.3 Å². The monoisotopic (exact) mass is 483 g/mol. The van der Waals surface area contributed by atoms with Crippen LogP contribution in [0.25, 0.3) is 16.6 Å². The van der Waals surface area contributed by atoms with E-state index >= 15 is 0 Å². The third-order valence-electron chi connectivity index (χ3n) is 6.50. The molecular formula is C28H27N4O4+. The summed E-state index contributed by atoms with van der Waals surface area (Å²) in [5, 5.41) is 0.493. The number of methoxy groups -OCH3 is 2. The van der Waals surface area contributed by atoms with Crippen molar-refractivity contribution in [1.82, 2.24) is 14.9 Å². The summed E-state index contributed by atoms with van der Waals surface area (Å²) in [5.74, 6) is -0.376. The number of hydrogen-bond acceptors (Lipinski definition) is 5. The number of aromatic nitrogens is 3. The Balaban J connectivity index is 1.41. The van der Waals surface area contributed by atoms with Crippen molar-refractivity contribution in [2.75, 3.05) is 27.3 Å². The van der Waals surface area contributed by atoms with E-state index in [2.05, 4.69) is 26.7 Å². The van der Waals surface area contributed by atoms with Crippen molar-refractivity contribution in [3.05, 3.63) is 90.0 Å². The normalized spacial score (nSPS) is 13.5. The maximum atomic E-state index is 13.3. The molecule has 1 aromatic carbocycles. The molecule has 1 fully saturated rings. The lowest BCUT2D eigenvalue weighted by atomic mass is 9.96. The molecule has 1 N–H and O–H groups in total. The highest BCUT2D eigenvalue weighted by Crippen LogP contribution is 2.34. The second kappa shape index (κ2) is 10.0. The predicted molar refractivity (Wildman–Crippen MR) is 135 cm³/mol. The molecule has 8 nitrogen and oxygen atoms in total. The van der Waals surface area contributed by atoms with Crippen LogP contribution in [0.5, 0.6) is 11.6 Å². The molecule has 0 spiro atoms. The van der Waals surface area contributed by atoms with Crippen LogP contribution in [-0.4, -0.2) is 53.9 Å². The zero-order valence-electron chi connectivity index (χ0n) is 20.2. The van der Waals surface area contributed by atoms with Crippen LogP contribution in [0.15, 0.2) is 78.9 Å². The van der Waals surface area contributed by atoms with Gasteiger partial charge in [0.25, 0.3) is 11.7 Å². The number of pyridine rings is 2. The van der Waals surface area contributed by atoms with Crippen molar-refractivity contribution >= 4 is 28.3 Å². The van der Waals surface area contributed by atoms with Gasteiger partial charge in [0.2, 0.25) is 11.6 Å². The zero-order valence-corrected chi connectivity index (χ0v) is 20.2. The van der Waals surface area contributed by atoms with Crippen LogP contribution >= 0.6 is 0 Å². The molecule has 0 atom stereocenters. The number of ketones is 1. The molecule has 1 aliphatic rings. The second-order valence-electron chi connectivity index (χ2n) is 8.51. The Morgan fingerprint density at radius 1 is 0.972 bits per heavy atom. The molecule has 4 aromatic rings. The lowest BCUT2D eigenvalue weighted by molar-refractivity contribution is -0.580. The van der Waals surface area contributed by atoms with Crippen LogP contribution in [0.2, 0.25) is 0 Å². The van der Waals surface area contributed by atoms with Gasteiger partial charge in [-0.05, 0) is 25.0 Å². The number of carbonyl (C=O) groups excluding carboxylic acids is 2. The first-order valence-electron chi connectivity index (χ1n) is 11.8. The summed E-state index contributed by atoms with van der Waals surface area (Å²) in [7, 11) is 3.00. The first-order chi connectivity index (χ1) is 17.6. The molecular weight excluding hydrogens is 456 g/mol. The number of fused-ring (bicyclic) bond motifs is 1. The minimum atomic E-state index is -0.582. The fourth-order valence-corrected chi connectivity index (χ4v) is 4.74. The molecule has 36 heavy (non-hydrogen) atoms. The molecule has 1 aliphatic heterocycles. The Morgan fingerprint density at radius 3 is 2.33 bits per heavy atom. The molecule has 0 aliphatic carbocycles. The Bertz CT molecular complexity index is 1390. The van der Waals surface area contributed by atoms with Crippen LogP contribution < -0.4 is 14.0 Å². The molecule has 5 rings (SSSR count). The second-order valence-corrected chi connectivity index (χ2v) is 8.51. The van der Waals surface area contributed by atoms with Crippen molar-refractivity contribution < 1.29 is 23.6 Å². The van der Waals surface area contributed by atoms with E-state index < -0.39 is 11.7 Å². The SMILES string of the molecule is COc1ncc(OC)c2c(C(=O)C(=O)N3CCC(=C(c4ccccc4)[n+]4ccccc4)CC3)c[nH]c12. The van der Waals surface area contributed by atoms with Gasteiger partial charge in [-0.25, -0.2) is 4.98 Å². The van der Waals surface area contributed by atoms with Gasteiger partial charge >= 0.3 is 0 Å². The average Bonchev–Trinajstić information content (AvgIpc) is 3.39. The van der Waals surface area contributed by atoms with Crippen LogP contribution in [0.4, 0.5) is 0 Å². The summed E-state index contributed by atoms with van der Waals surface area (Å²) in [6, 6.07) is 16.2. The summed E-state index contributed by atoms with van der Waals surface area (Å²) in [6.45, 7) is 0.933. The van der Waals surface area contributed by atoms with Crippen LogP contribution in [0.1, 0.15) is 28.8 Å². The number of H-pyrrole nitrogens is 1. The minimum absolute atomic E-state index is 0.249. The first kappa shape index (κ1) is 23.3. The van der Waals surface area contributed by atoms with E-state index in [4.69, 9.17) is 9.47 Å². The first-order valence-corrected chi connectivity index (χ1v) is 11.8. The Kier molecular flexibility index (Phi) is 6.49. The zero-order chi connectivity index (χ0) is 25.1. The summed E-state index contributed by atoms with van der Waals surface area (Å²) in [6.07, 6.45) is 8.43. The number of rotatable bonds is 6. The molecule has 1 saturated heterocycles. The van der Waals surface area contributed by atoms with E-state index in [1.165, 1.54) is 32.2 Å². The van der Waals surface area contributed by atoms with E-state index in [1.54, 1.807) is 4.90 Å². The van der Waals surface area contributed by atoms with E-state index in [0.717, 1.165) is 11.3 Å². The number of aromatic amines is 1. The average molecular weight is 484 g/mol. The van der Waals surface area contributed by atoms with Crippen molar-refractivity contribution in [1.29, 1.82) is 0 Å². The summed E-state index contributed by atoms with van der Waals surface area (Å²) in [5.41, 5.74) is 4.25. The van der Waals surface area contributed by atoms with Crippen LogP contribution in [0.3, 0.4) is 0 Å². The van der Waals surface area contributed by atoms with Gasteiger partial charge in [0.15, 0.2) is 12.4 Å². The highest BCUT2D eigenvalue weighted by atomic mass is 16.5. The highest BCUT2D eigenvalue weighted by molar-refractivity contribution is 6.45. The van der Waals surface area contributed by atoms with Crippen LogP contribution in [0, 0.1) is 0 Å². The van der Waals surface area contributed by atoms with Gasteiger partial charge in [-0.3, -0.25) is 9.59 Å². The van der Waals surface area contributed by atoms with Gasteiger partial charge < -0.3 is 19.4 Å². The number of nitrogens with one attached hydrogen (secondary N) is 1. The molecule has 1 amide bonds. The highest BCUT2D eigenvalue weighted by Gasteiger charge is 2.31. The molecule has 0 unspecified atom stereocenters. The number of piperidine rings is 1. The molecule has 8 heteroatoms. The van der Waals surface area contributed by atoms with Gasteiger partial charge in [-0.2, -0.15) is 4.57 Å². The van der Waals surface area contributed by atoms with E-state index in [9.17, 15) is 9.59 Å². The summed E-state index contributed by atoms with van der Waals surface area (Å²) in [4.78, 5) is 35.4. The van der Waals surface area contributed by atoms with E-state index in [0.29, 0.717) is 48.5 Å². The van der Waals surface area contributed by atoms with Gasteiger partial charge in [0, 0.05) is 42.6 Å². The van der Waals surface area contributed by atoms with Crippen molar-refractivity contribution in [3.63, 3.8) is 0 Å². The van der Waals surface area contributed by atoms with Crippen LogP contribution in [-0.2, 0) is 4.79 Å². The Labute approximate surface area is 208 Å². The number of likely N-dealkylation sites (tertiary alicyclic amines) is 1. The number of amides is 1. The fourth-order valence-electron chi connectivity index (χ4n) is 4.74. The maximum absolute atomic E-state index is 13.3. The van der Waals surface area contributed by atoms with Crippen molar-refractivity contribution in [3.8, 4) is 11.6 Å². The fraction of sp³-hybridized carbons (Fsp3) is 0.214. The van der Waals surface area contributed by atoms with Crippen molar-refractivity contribution in [2.45, 2.75) is 12.8 Å². The maximum Gasteiger partial charge on any atom is 0.295 e. The number of benzene rings is 1. The molecule has 3 aromatic heterocycles.